The summed E-state index contributed by atoms with van der Waals surface area (Å²) < 4.78 is 12.6. The van der Waals surface area contributed by atoms with E-state index in [2.05, 4.69) is 44.3 Å². The molecule has 0 bridgehead atoms. The predicted octanol–water partition coefficient (Wildman–Crippen LogP) is 2.27. The van der Waals surface area contributed by atoms with Crippen molar-refractivity contribution in [3.63, 3.8) is 0 Å². The Kier molecular flexibility index (Phi) is 4.24. The van der Waals surface area contributed by atoms with Crippen molar-refractivity contribution >= 4 is 32.4 Å². The predicted molar refractivity (Wildman–Crippen MR) is 84.1 cm³/mol. The third kappa shape index (κ3) is 3.58. The number of anilines is 1. The van der Waals surface area contributed by atoms with Crippen molar-refractivity contribution in [1.29, 1.82) is 0 Å². The highest BCUT2D eigenvalue weighted by Gasteiger charge is 2.22. The van der Waals surface area contributed by atoms with Crippen molar-refractivity contribution in [2.75, 3.05) is 29.5 Å². The summed E-state index contributed by atoms with van der Waals surface area (Å²) in [5, 5.41) is 3.58. The van der Waals surface area contributed by atoms with E-state index in [9.17, 15) is 4.21 Å². The Hall–Kier alpha value is -0.390. The van der Waals surface area contributed by atoms with E-state index < -0.39 is 10.8 Å². The fraction of sp³-hybridized carbons (Fsp3) is 0.571. The van der Waals surface area contributed by atoms with Crippen molar-refractivity contribution in [2.45, 2.75) is 25.4 Å². The molecule has 1 saturated heterocycles. The standard InChI is InChI=1S/C14H19BrN2OS/c15-12-2-1-11(10-16-13-3-4-13)14(9-12)17-5-7-19(18)8-6-17/h1-2,9,13,16H,3-8,10H2. The summed E-state index contributed by atoms with van der Waals surface area (Å²) in [4.78, 5) is 2.37. The van der Waals surface area contributed by atoms with E-state index >= 15 is 0 Å². The molecule has 0 unspecified atom stereocenters. The molecule has 1 heterocycles. The largest absolute Gasteiger partial charge is 0.369 e. The second kappa shape index (κ2) is 5.94. The average molecular weight is 343 g/mol. The molecule has 0 atom stereocenters. The lowest BCUT2D eigenvalue weighted by molar-refractivity contribution is 0.669. The molecule has 0 amide bonds. The van der Waals surface area contributed by atoms with Crippen molar-refractivity contribution in [3.05, 3.63) is 28.2 Å². The molecule has 3 rings (SSSR count). The molecule has 2 fully saturated rings. The van der Waals surface area contributed by atoms with Crippen LogP contribution in [0, 0.1) is 0 Å². The van der Waals surface area contributed by atoms with Gasteiger partial charge in [-0.15, -0.1) is 0 Å². The lowest BCUT2D eigenvalue weighted by atomic mass is 10.1. The molecule has 1 aromatic carbocycles. The maximum Gasteiger partial charge on any atom is 0.0423 e. The van der Waals surface area contributed by atoms with Crippen LogP contribution in [0.3, 0.4) is 0 Å². The molecule has 1 aliphatic carbocycles. The Morgan fingerprint density at radius 3 is 2.74 bits per heavy atom. The maximum atomic E-state index is 11.5. The number of nitrogens with one attached hydrogen (secondary N) is 1. The number of benzene rings is 1. The summed E-state index contributed by atoms with van der Waals surface area (Å²) in [5.74, 6) is 1.59. The number of hydrogen-bond donors (Lipinski definition) is 1. The summed E-state index contributed by atoms with van der Waals surface area (Å²) in [5.41, 5.74) is 2.64. The van der Waals surface area contributed by atoms with Crippen molar-refractivity contribution < 1.29 is 4.21 Å². The van der Waals surface area contributed by atoms with Crippen LogP contribution < -0.4 is 10.2 Å². The molecule has 1 aromatic rings. The van der Waals surface area contributed by atoms with Gasteiger partial charge in [0.15, 0.2) is 0 Å². The summed E-state index contributed by atoms with van der Waals surface area (Å²) in [6, 6.07) is 7.22. The van der Waals surface area contributed by atoms with Gasteiger partial charge in [-0.1, -0.05) is 22.0 Å². The molecule has 1 aliphatic heterocycles. The van der Waals surface area contributed by atoms with Crippen LogP contribution in [0.25, 0.3) is 0 Å². The first-order valence-corrected chi connectivity index (χ1v) is 9.12. The van der Waals surface area contributed by atoms with E-state index in [1.54, 1.807) is 0 Å². The highest BCUT2D eigenvalue weighted by Crippen LogP contribution is 2.27. The molecule has 2 aliphatic rings. The first-order chi connectivity index (χ1) is 9.22. The van der Waals surface area contributed by atoms with Crippen LogP contribution >= 0.6 is 15.9 Å². The first kappa shape index (κ1) is 13.6. The molecule has 1 N–H and O–H groups in total. The normalized spacial score (nSPS) is 20.8. The maximum absolute atomic E-state index is 11.5. The number of nitrogens with zero attached hydrogens (tertiary/aromatic N) is 1. The van der Waals surface area contributed by atoms with Gasteiger partial charge in [0.05, 0.1) is 0 Å². The SMILES string of the molecule is O=S1CCN(c2cc(Br)ccc2CNC2CC2)CC1. The van der Waals surface area contributed by atoms with E-state index in [4.69, 9.17) is 0 Å². The van der Waals surface area contributed by atoms with Gasteiger partial charge >= 0.3 is 0 Å². The fourth-order valence-electron chi connectivity index (χ4n) is 2.40. The zero-order valence-corrected chi connectivity index (χ0v) is 13.3. The second-order valence-electron chi connectivity index (χ2n) is 5.26. The van der Waals surface area contributed by atoms with Crippen LogP contribution in [0.1, 0.15) is 18.4 Å². The molecular weight excluding hydrogens is 324 g/mol. The molecule has 5 heteroatoms. The first-order valence-electron chi connectivity index (χ1n) is 6.84. The summed E-state index contributed by atoms with van der Waals surface area (Å²) in [6.45, 7) is 2.74. The molecule has 19 heavy (non-hydrogen) atoms. The Balaban J connectivity index is 1.76. The molecule has 1 saturated carbocycles. The van der Waals surface area contributed by atoms with Gasteiger partial charge in [-0.3, -0.25) is 4.21 Å². The van der Waals surface area contributed by atoms with E-state index in [-0.39, 0.29) is 0 Å². The molecule has 0 radical (unpaired) electrons. The van der Waals surface area contributed by atoms with Crippen molar-refractivity contribution in [3.8, 4) is 0 Å². The van der Waals surface area contributed by atoms with Crippen LogP contribution in [-0.2, 0) is 17.3 Å². The smallest absolute Gasteiger partial charge is 0.0423 e. The quantitative estimate of drug-likeness (QED) is 0.910. The van der Waals surface area contributed by atoms with Gasteiger partial charge in [0.25, 0.3) is 0 Å². The van der Waals surface area contributed by atoms with Gasteiger partial charge in [0.1, 0.15) is 0 Å². The molecule has 104 valence electrons. The van der Waals surface area contributed by atoms with E-state index in [1.165, 1.54) is 24.1 Å². The van der Waals surface area contributed by atoms with Crippen LogP contribution in [0.4, 0.5) is 5.69 Å². The molecule has 0 aromatic heterocycles. The Labute approximate surface area is 125 Å². The summed E-state index contributed by atoms with van der Waals surface area (Å²) in [6.07, 6.45) is 2.63. The van der Waals surface area contributed by atoms with E-state index in [1.807, 2.05) is 0 Å². The second-order valence-corrected chi connectivity index (χ2v) is 7.88. The fourth-order valence-corrected chi connectivity index (χ4v) is 3.80. The van der Waals surface area contributed by atoms with Crippen LogP contribution in [0.15, 0.2) is 22.7 Å². The minimum Gasteiger partial charge on any atom is -0.369 e. The number of rotatable bonds is 4. The van der Waals surface area contributed by atoms with Gasteiger partial charge < -0.3 is 10.2 Å². The Morgan fingerprint density at radius 1 is 1.32 bits per heavy atom. The van der Waals surface area contributed by atoms with Gasteiger partial charge in [-0.05, 0) is 30.5 Å². The summed E-state index contributed by atoms with van der Waals surface area (Å²) in [7, 11) is -0.617. The van der Waals surface area contributed by atoms with Gasteiger partial charge in [0.2, 0.25) is 0 Å². The molecule has 0 spiro atoms. The van der Waals surface area contributed by atoms with Crippen LogP contribution in [0.5, 0.6) is 0 Å². The van der Waals surface area contributed by atoms with Crippen molar-refractivity contribution in [2.24, 2.45) is 0 Å². The van der Waals surface area contributed by atoms with E-state index in [0.29, 0.717) is 0 Å². The van der Waals surface area contributed by atoms with Gasteiger partial charge in [-0.2, -0.15) is 0 Å². The minimum absolute atomic E-state index is 0.617. The minimum atomic E-state index is -0.617. The average Bonchev–Trinajstić information content (AvgIpc) is 3.22. The lowest BCUT2D eigenvalue weighted by Gasteiger charge is -2.30. The number of hydrogen-bond acceptors (Lipinski definition) is 3. The zero-order chi connectivity index (χ0) is 13.2. The van der Waals surface area contributed by atoms with Crippen molar-refractivity contribution in [1.82, 2.24) is 5.32 Å². The highest BCUT2D eigenvalue weighted by molar-refractivity contribution is 9.10. The molecule has 3 nitrogen and oxygen atoms in total. The van der Waals surface area contributed by atoms with Crippen LogP contribution in [-0.4, -0.2) is 34.8 Å². The third-order valence-corrected chi connectivity index (χ3v) is 5.49. The highest BCUT2D eigenvalue weighted by atomic mass is 79.9. The topological polar surface area (TPSA) is 32.3 Å². The number of halogens is 1. The van der Waals surface area contributed by atoms with Crippen LogP contribution in [0.2, 0.25) is 0 Å². The molecular formula is C14H19BrN2OS. The lowest BCUT2D eigenvalue weighted by Crippen LogP contribution is -2.38. The van der Waals surface area contributed by atoms with Gasteiger partial charge in [-0.25, -0.2) is 0 Å². The third-order valence-electron chi connectivity index (χ3n) is 3.72. The Morgan fingerprint density at radius 2 is 2.05 bits per heavy atom. The monoisotopic (exact) mass is 342 g/mol. The van der Waals surface area contributed by atoms with Gasteiger partial charge in [0, 0.05) is 58.1 Å². The summed E-state index contributed by atoms with van der Waals surface area (Å²) >= 11 is 3.56. The van der Waals surface area contributed by atoms with E-state index in [0.717, 1.165) is 41.7 Å². The zero-order valence-electron chi connectivity index (χ0n) is 10.9. The Bertz CT molecular complexity index is 480.